The second-order valence-electron chi connectivity index (χ2n) is 5.40. The van der Waals surface area contributed by atoms with Crippen LogP contribution in [0.1, 0.15) is 0 Å². The normalized spacial score (nSPS) is 10.4. The number of nitrogens with zero attached hydrogens (tertiary/aromatic N) is 1. The van der Waals surface area contributed by atoms with E-state index in [1.54, 1.807) is 18.2 Å². The second-order valence-corrected chi connectivity index (χ2v) is 5.40. The van der Waals surface area contributed by atoms with Crippen LogP contribution in [0.5, 0.6) is 0 Å². The number of carbonyl (C=O) groups is 2. The van der Waals surface area contributed by atoms with Gasteiger partial charge in [-0.15, -0.1) is 0 Å². The summed E-state index contributed by atoms with van der Waals surface area (Å²) in [7, 11) is 0. The summed E-state index contributed by atoms with van der Waals surface area (Å²) in [6, 6.07) is 17.8. The monoisotopic (exact) mass is 336 g/mol. The third kappa shape index (κ3) is 4.11. The number of fused-ring (bicyclic) bond motifs is 1. The molecule has 0 fully saturated rings. The molecule has 0 atom stereocenters. The average molecular weight is 336 g/mol. The van der Waals surface area contributed by atoms with Crippen LogP contribution in [0.25, 0.3) is 10.8 Å². The van der Waals surface area contributed by atoms with Crippen LogP contribution in [-0.4, -0.2) is 23.1 Å². The molecular formula is C19H16N2O4. The van der Waals surface area contributed by atoms with Gasteiger partial charge in [0.25, 0.3) is 11.5 Å². The zero-order valence-electron chi connectivity index (χ0n) is 13.3. The minimum atomic E-state index is -0.652. The molecule has 0 bridgehead atoms. The van der Waals surface area contributed by atoms with Crippen molar-refractivity contribution in [2.75, 3.05) is 11.9 Å². The van der Waals surface area contributed by atoms with Crippen LogP contribution in [-0.2, 0) is 20.9 Å². The van der Waals surface area contributed by atoms with E-state index in [-0.39, 0.29) is 12.1 Å². The van der Waals surface area contributed by atoms with Gasteiger partial charge in [0.15, 0.2) is 6.61 Å². The Bertz CT molecular complexity index is 973. The maximum Gasteiger partial charge on any atom is 0.326 e. The van der Waals surface area contributed by atoms with E-state index < -0.39 is 18.5 Å². The molecule has 0 radical (unpaired) electrons. The first-order valence-electron chi connectivity index (χ1n) is 7.72. The summed E-state index contributed by atoms with van der Waals surface area (Å²) in [5.74, 6) is -1.09. The number of aromatic nitrogens is 1. The topological polar surface area (TPSA) is 77.4 Å². The smallest absolute Gasteiger partial charge is 0.326 e. The van der Waals surface area contributed by atoms with Gasteiger partial charge in [0.1, 0.15) is 6.54 Å². The first-order valence-corrected chi connectivity index (χ1v) is 7.72. The van der Waals surface area contributed by atoms with Crippen LogP contribution < -0.4 is 10.9 Å². The lowest BCUT2D eigenvalue weighted by atomic mass is 10.1. The highest BCUT2D eigenvalue weighted by molar-refractivity contribution is 6.02. The fraction of sp³-hybridized carbons (Fsp3) is 0.105. The molecule has 0 aliphatic heterocycles. The van der Waals surface area contributed by atoms with Crippen molar-refractivity contribution >= 4 is 28.3 Å². The first-order chi connectivity index (χ1) is 12.1. The number of ether oxygens (including phenoxy) is 1. The molecule has 6 nitrogen and oxygen atoms in total. The number of nitrogens with one attached hydrogen (secondary N) is 1. The molecule has 0 spiro atoms. The molecule has 0 aliphatic rings. The summed E-state index contributed by atoms with van der Waals surface area (Å²) in [5, 5.41) is 4.63. The van der Waals surface area contributed by atoms with Crippen molar-refractivity contribution in [1.82, 2.24) is 4.57 Å². The van der Waals surface area contributed by atoms with E-state index >= 15 is 0 Å². The van der Waals surface area contributed by atoms with Gasteiger partial charge in [-0.1, -0.05) is 42.5 Å². The number of hydrogen-bond acceptors (Lipinski definition) is 4. The van der Waals surface area contributed by atoms with Crippen LogP contribution >= 0.6 is 0 Å². The summed E-state index contributed by atoms with van der Waals surface area (Å²) >= 11 is 0. The van der Waals surface area contributed by atoms with Gasteiger partial charge in [0, 0.05) is 23.3 Å². The molecule has 0 aliphatic carbocycles. The number of esters is 1. The molecule has 1 aromatic heterocycles. The zero-order chi connectivity index (χ0) is 17.6. The molecule has 126 valence electrons. The lowest BCUT2D eigenvalue weighted by Gasteiger charge is -2.09. The fourth-order valence-electron chi connectivity index (χ4n) is 2.44. The van der Waals surface area contributed by atoms with Gasteiger partial charge in [0.05, 0.1) is 0 Å². The third-order valence-electron chi connectivity index (χ3n) is 3.63. The lowest BCUT2D eigenvalue weighted by Crippen LogP contribution is -2.27. The number of hydrogen-bond donors (Lipinski definition) is 1. The summed E-state index contributed by atoms with van der Waals surface area (Å²) in [4.78, 5) is 35.3. The Morgan fingerprint density at radius 1 is 0.960 bits per heavy atom. The second kappa shape index (κ2) is 7.44. The van der Waals surface area contributed by atoms with Crippen molar-refractivity contribution in [3.8, 4) is 0 Å². The highest BCUT2D eigenvalue weighted by Crippen LogP contribution is 2.22. The molecule has 1 N–H and O–H groups in total. The predicted octanol–water partition coefficient (Wildman–Crippen LogP) is 2.18. The largest absolute Gasteiger partial charge is 0.454 e. The lowest BCUT2D eigenvalue weighted by molar-refractivity contribution is -0.147. The molecular weight excluding hydrogens is 320 g/mol. The molecule has 3 rings (SSSR count). The molecule has 1 amide bonds. The van der Waals surface area contributed by atoms with Gasteiger partial charge < -0.3 is 14.6 Å². The van der Waals surface area contributed by atoms with Crippen molar-refractivity contribution < 1.29 is 14.3 Å². The Morgan fingerprint density at radius 2 is 1.72 bits per heavy atom. The Balaban J connectivity index is 1.58. The molecule has 0 unspecified atom stereocenters. The summed E-state index contributed by atoms with van der Waals surface area (Å²) in [5.41, 5.74) is 0.345. The Labute approximate surface area is 143 Å². The fourth-order valence-corrected chi connectivity index (χ4v) is 2.44. The van der Waals surface area contributed by atoms with Crippen molar-refractivity contribution in [2.45, 2.75) is 6.54 Å². The van der Waals surface area contributed by atoms with Crippen molar-refractivity contribution in [3.63, 3.8) is 0 Å². The van der Waals surface area contributed by atoms with Crippen LogP contribution in [0.15, 0.2) is 71.7 Å². The number of amides is 1. The van der Waals surface area contributed by atoms with E-state index in [0.717, 1.165) is 10.8 Å². The maximum absolute atomic E-state index is 12.0. The van der Waals surface area contributed by atoms with Crippen molar-refractivity contribution in [1.29, 1.82) is 0 Å². The quantitative estimate of drug-likeness (QED) is 0.725. The van der Waals surface area contributed by atoms with Crippen LogP contribution in [0.4, 0.5) is 5.69 Å². The molecule has 0 saturated carbocycles. The van der Waals surface area contributed by atoms with E-state index in [1.165, 1.54) is 16.8 Å². The number of rotatable bonds is 5. The first kappa shape index (κ1) is 16.4. The predicted molar refractivity (Wildman–Crippen MR) is 94.2 cm³/mol. The van der Waals surface area contributed by atoms with Gasteiger partial charge in [-0.3, -0.25) is 14.4 Å². The minimum absolute atomic E-state index is 0.235. The van der Waals surface area contributed by atoms with Gasteiger partial charge in [0.2, 0.25) is 0 Å². The molecule has 0 saturated heterocycles. The number of carbonyl (C=O) groups excluding carboxylic acids is 2. The molecule has 1 heterocycles. The van der Waals surface area contributed by atoms with Crippen LogP contribution in [0, 0.1) is 0 Å². The Hall–Kier alpha value is -3.41. The van der Waals surface area contributed by atoms with Gasteiger partial charge in [-0.05, 0) is 17.5 Å². The number of anilines is 1. The van der Waals surface area contributed by atoms with Gasteiger partial charge >= 0.3 is 5.97 Å². The number of benzene rings is 2. The summed E-state index contributed by atoms with van der Waals surface area (Å²) in [6.07, 6.45) is 1.49. The van der Waals surface area contributed by atoms with Crippen LogP contribution in [0.2, 0.25) is 0 Å². The highest BCUT2D eigenvalue weighted by atomic mass is 16.5. The highest BCUT2D eigenvalue weighted by Gasteiger charge is 2.10. The maximum atomic E-state index is 12.0. The van der Waals surface area contributed by atoms with E-state index in [1.807, 2.05) is 36.4 Å². The van der Waals surface area contributed by atoms with Gasteiger partial charge in [-0.2, -0.15) is 0 Å². The summed E-state index contributed by atoms with van der Waals surface area (Å²) in [6.45, 7) is -0.648. The van der Waals surface area contributed by atoms with E-state index in [4.69, 9.17) is 4.74 Å². The van der Waals surface area contributed by atoms with E-state index in [2.05, 4.69) is 5.32 Å². The molecule has 2 aromatic carbocycles. The number of pyridine rings is 1. The third-order valence-corrected chi connectivity index (χ3v) is 3.63. The van der Waals surface area contributed by atoms with E-state index in [0.29, 0.717) is 5.69 Å². The van der Waals surface area contributed by atoms with Crippen molar-refractivity contribution in [3.05, 3.63) is 77.2 Å². The minimum Gasteiger partial charge on any atom is -0.454 e. The van der Waals surface area contributed by atoms with Gasteiger partial charge in [-0.25, -0.2) is 0 Å². The standard InChI is InChI=1S/C19H16N2O4/c22-17(13-25-19(24)12-21-11-4-3-10-18(21)23)20-16-9-5-7-14-6-1-2-8-15(14)16/h1-11H,12-13H2,(H,20,22). The SMILES string of the molecule is O=C(COC(=O)Cn1ccccc1=O)Nc1cccc2ccccc12. The summed E-state index contributed by atoms with van der Waals surface area (Å²) < 4.78 is 6.15. The molecule has 3 aromatic rings. The van der Waals surface area contributed by atoms with E-state index in [9.17, 15) is 14.4 Å². The zero-order valence-corrected chi connectivity index (χ0v) is 13.3. The molecule has 6 heteroatoms. The Kier molecular flexibility index (Phi) is 4.89. The van der Waals surface area contributed by atoms with Crippen LogP contribution in [0.3, 0.4) is 0 Å². The average Bonchev–Trinajstić information content (AvgIpc) is 2.62. The molecule has 25 heavy (non-hydrogen) atoms. The van der Waals surface area contributed by atoms with Crippen molar-refractivity contribution in [2.24, 2.45) is 0 Å². The Morgan fingerprint density at radius 3 is 2.56 bits per heavy atom.